The van der Waals surface area contributed by atoms with Crippen LogP contribution >= 0.6 is 24.0 Å². The van der Waals surface area contributed by atoms with E-state index in [0.29, 0.717) is 17.5 Å². The highest BCUT2D eigenvalue weighted by molar-refractivity contribution is 6.30. The van der Waals surface area contributed by atoms with Gasteiger partial charge in [-0.1, -0.05) is 11.6 Å². The molecule has 3 rings (SSSR count). The molecule has 1 aromatic rings. The quantitative estimate of drug-likeness (QED) is 0.874. The SMILES string of the molecule is CC1NCCCC1NC(=O)C1Cc2cc(Cl)ccc2O1.Cl. The molecule has 2 aliphatic rings. The number of ether oxygens (including phenoxy) is 1. The average molecular weight is 331 g/mol. The highest BCUT2D eigenvalue weighted by Crippen LogP contribution is 2.31. The van der Waals surface area contributed by atoms with Gasteiger partial charge in [0.15, 0.2) is 6.10 Å². The molecule has 1 aromatic carbocycles. The van der Waals surface area contributed by atoms with Gasteiger partial charge in [0.2, 0.25) is 0 Å². The van der Waals surface area contributed by atoms with Crippen molar-refractivity contribution in [1.29, 1.82) is 0 Å². The molecule has 6 heteroatoms. The van der Waals surface area contributed by atoms with Gasteiger partial charge in [-0.3, -0.25) is 4.79 Å². The molecule has 2 aliphatic heterocycles. The number of hydrogen-bond donors (Lipinski definition) is 2. The van der Waals surface area contributed by atoms with Crippen LogP contribution in [0.2, 0.25) is 5.02 Å². The van der Waals surface area contributed by atoms with E-state index in [-0.39, 0.29) is 24.4 Å². The summed E-state index contributed by atoms with van der Waals surface area (Å²) in [5.41, 5.74) is 1.01. The molecule has 0 bridgehead atoms. The zero-order valence-corrected chi connectivity index (χ0v) is 13.5. The van der Waals surface area contributed by atoms with Crippen LogP contribution in [0.4, 0.5) is 0 Å². The van der Waals surface area contributed by atoms with Gasteiger partial charge in [0.1, 0.15) is 5.75 Å². The summed E-state index contributed by atoms with van der Waals surface area (Å²) < 4.78 is 5.71. The summed E-state index contributed by atoms with van der Waals surface area (Å²) in [4.78, 5) is 12.3. The third kappa shape index (κ3) is 3.62. The first-order valence-electron chi connectivity index (χ1n) is 7.12. The molecule has 0 aromatic heterocycles. The van der Waals surface area contributed by atoms with Crippen molar-refractivity contribution in [3.8, 4) is 5.75 Å². The van der Waals surface area contributed by atoms with Gasteiger partial charge >= 0.3 is 0 Å². The lowest BCUT2D eigenvalue weighted by atomic mass is 9.99. The first-order valence-corrected chi connectivity index (χ1v) is 7.50. The first-order chi connectivity index (χ1) is 9.63. The van der Waals surface area contributed by atoms with Crippen LogP contribution < -0.4 is 15.4 Å². The second-order valence-corrected chi connectivity index (χ2v) is 6.00. The fourth-order valence-electron chi connectivity index (χ4n) is 2.88. The van der Waals surface area contributed by atoms with E-state index in [1.165, 1.54) is 0 Å². The number of benzene rings is 1. The normalized spacial score (nSPS) is 27.2. The van der Waals surface area contributed by atoms with Crippen LogP contribution in [-0.2, 0) is 11.2 Å². The minimum absolute atomic E-state index is 0. The Bertz CT molecular complexity index is 524. The van der Waals surface area contributed by atoms with Gasteiger partial charge in [0.05, 0.1) is 0 Å². The zero-order valence-electron chi connectivity index (χ0n) is 11.9. The van der Waals surface area contributed by atoms with Crippen molar-refractivity contribution in [1.82, 2.24) is 10.6 Å². The highest BCUT2D eigenvalue weighted by atomic mass is 35.5. The summed E-state index contributed by atoms with van der Waals surface area (Å²) in [6.07, 6.45) is 2.27. The second kappa shape index (κ2) is 6.86. The van der Waals surface area contributed by atoms with Gasteiger partial charge < -0.3 is 15.4 Å². The van der Waals surface area contributed by atoms with E-state index in [1.54, 1.807) is 6.07 Å². The van der Waals surface area contributed by atoms with Gasteiger partial charge in [0, 0.05) is 23.5 Å². The first kappa shape index (κ1) is 16.4. The molecule has 2 N–H and O–H groups in total. The van der Waals surface area contributed by atoms with Crippen LogP contribution in [0.1, 0.15) is 25.3 Å². The Hall–Kier alpha value is -0.970. The van der Waals surface area contributed by atoms with E-state index in [1.807, 2.05) is 12.1 Å². The lowest BCUT2D eigenvalue weighted by Crippen LogP contribution is -2.54. The second-order valence-electron chi connectivity index (χ2n) is 5.56. The van der Waals surface area contributed by atoms with Crippen molar-refractivity contribution < 1.29 is 9.53 Å². The van der Waals surface area contributed by atoms with E-state index in [0.717, 1.165) is 30.7 Å². The van der Waals surface area contributed by atoms with E-state index in [4.69, 9.17) is 16.3 Å². The maximum Gasteiger partial charge on any atom is 0.261 e. The van der Waals surface area contributed by atoms with Crippen molar-refractivity contribution in [2.75, 3.05) is 6.54 Å². The number of hydrogen-bond acceptors (Lipinski definition) is 3. The Morgan fingerprint density at radius 3 is 3.05 bits per heavy atom. The van der Waals surface area contributed by atoms with Gasteiger partial charge in [-0.25, -0.2) is 0 Å². The zero-order chi connectivity index (χ0) is 14.1. The smallest absolute Gasteiger partial charge is 0.261 e. The molecule has 0 aliphatic carbocycles. The largest absolute Gasteiger partial charge is 0.480 e. The molecule has 3 atom stereocenters. The third-order valence-electron chi connectivity index (χ3n) is 4.08. The van der Waals surface area contributed by atoms with Crippen molar-refractivity contribution in [2.45, 2.75) is 44.4 Å². The molecule has 116 valence electrons. The van der Waals surface area contributed by atoms with Gasteiger partial charge in [0.25, 0.3) is 5.91 Å². The molecular formula is C15H20Cl2N2O2. The predicted octanol–water partition coefficient (Wildman–Crippen LogP) is 2.32. The summed E-state index contributed by atoms with van der Waals surface area (Å²) in [5, 5.41) is 7.16. The lowest BCUT2D eigenvalue weighted by Gasteiger charge is -2.31. The average Bonchev–Trinajstić information content (AvgIpc) is 2.84. The van der Waals surface area contributed by atoms with E-state index in [9.17, 15) is 4.79 Å². The van der Waals surface area contributed by atoms with Crippen LogP contribution in [0.3, 0.4) is 0 Å². The van der Waals surface area contributed by atoms with Crippen molar-refractivity contribution >= 4 is 29.9 Å². The van der Waals surface area contributed by atoms with Crippen LogP contribution in [0.15, 0.2) is 18.2 Å². The molecule has 1 amide bonds. The molecule has 1 fully saturated rings. The predicted molar refractivity (Wildman–Crippen MR) is 85.4 cm³/mol. The van der Waals surface area contributed by atoms with Crippen LogP contribution in [-0.4, -0.2) is 30.6 Å². The molecule has 21 heavy (non-hydrogen) atoms. The molecule has 4 nitrogen and oxygen atoms in total. The minimum atomic E-state index is -0.433. The van der Waals surface area contributed by atoms with Crippen molar-refractivity contribution in [3.05, 3.63) is 28.8 Å². The maximum absolute atomic E-state index is 12.3. The van der Waals surface area contributed by atoms with Crippen LogP contribution in [0.5, 0.6) is 5.75 Å². The molecule has 1 saturated heterocycles. The molecule has 0 radical (unpaired) electrons. The lowest BCUT2D eigenvalue weighted by molar-refractivity contribution is -0.128. The van der Waals surface area contributed by atoms with Gasteiger partial charge in [-0.05, 0) is 50.1 Å². The number of amides is 1. The number of carbonyl (C=O) groups excluding carboxylic acids is 1. The van der Waals surface area contributed by atoms with E-state index in [2.05, 4.69) is 17.6 Å². The Kier molecular flexibility index (Phi) is 5.36. The van der Waals surface area contributed by atoms with E-state index < -0.39 is 6.10 Å². The Morgan fingerprint density at radius 2 is 2.29 bits per heavy atom. The fourth-order valence-corrected chi connectivity index (χ4v) is 3.07. The Balaban J connectivity index is 0.00000161. The Morgan fingerprint density at radius 1 is 1.48 bits per heavy atom. The topological polar surface area (TPSA) is 50.4 Å². The molecule has 2 heterocycles. The summed E-state index contributed by atoms with van der Waals surface area (Å²) in [5.74, 6) is 0.738. The third-order valence-corrected chi connectivity index (χ3v) is 4.31. The van der Waals surface area contributed by atoms with Gasteiger partial charge in [-0.2, -0.15) is 0 Å². The summed E-state index contributed by atoms with van der Waals surface area (Å²) in [7, 11) is 0. The summed E-state index contributed by atoms with van der Waals surface area (Å²) in [6.45, 7) is 3.13. The number of halogens is 2. The molecule has 0 spiro atoms. The monoisotopic (exact) mass is 330 g/mol. The molecule has 0 saturated carbocycles. The van der Waals surface area contributed by atoms with Crippen molar-refractivity contribution in [3.63, 3.8) is 0 Å². The fraction of sp³-hybridized carbons (Fsp3) is 0.533. The number of piperidine rings is 1. The molecule has 3 unspecified atom stereocenters. The highest BCUT2D eigenvalue weighted by Gasteiger charge is 2.32. The number of rotatable bonds is 2. The summed E-state index contributed by atoms with van der Waals surface area (Å²) in [6, 6.07) is 5.98. The minimum Gasteiger partial charge on any atom is -0.480 e. The van der Waals surface area contributed by atoms with E-state index >= 15 is 0 Å². The number of fused-ring (bicyclic) bond motifs is 1. The van der Waals surface area contributed by atoms with Crippen LogP contribution in [0, 0.1) is 0 Å². The van der Waals surface area contributed by atoms with Crippen molar-refractivity contribution in [2.24, 2.45) is 0 Å². The van der Waals surface area contributed by atoms with Gasteiger partial charge in [-0.15, -0.1) is 12.4 Å². The number of nitrogens with one attached hydrogen (secondary N) is 2. The number of carbonyl (C=O) groups is 1. The molecular weight excluding hydrogens is 311 g/mol. The Labute approximate surface area is 136 Å². The maximum atomic E-state index is 12.3. The standard InChI is InChI=1S/C15H19ClN2O2.ClH/c1-9-12(3-2-6-17-9)18-15(19)14-8-10-7-11(16)4-5-13(10)20-14;/h4-5,7,9,12,14,17H,2-3,6,8H2,1H3,(H,18,19);1H. The summed E-state index contributed by atoms with van der Waals surface area (Å²) >= 11 is 5.96. The van der Waals surface area contributed by atoms with Crippen LogP contribution in [0.25, 0.3) is 0 Å².